The van der Waals surface area contributed by atoms with Crippen molar-refractivity contribution in [3.8, 4) is 23.0 Å². The van der Waals surface area contributed by atoms with Crippen LogP contribution in [0, 0.1) is 10.1 Å². The number of nitrogens with zero attached hydrogens (tertiary/aromatic N) is 1. The van der Waals surface area contributed by atoms with Crippen molar-refractivity contribution in [1.29, 1.82) is 0 Å². The average molecular weight is 405 g/mol. The lowest BCUT2D eigenvalue weighted by Crippen LogP contribution is -2.15. The van der Waals surface area contributed by atoms with Crippen LogP contribution in [0.5, 0.6) is 23.0 Å². The normalized spacial score (nSPS) is 12.4. The average Bonchev–Trinajstić information content (AvgIpc) is 2.75. The molecule has 0 bridgehead atoms. The molecule has 1 aliphatic rings. The van der Waals surface area contributed by atoms with E-state index in [9.17, 15) is 14.9 Å². The van der Waals surface area contributed by atoms with Gasteiger partial charge in [0, 0.05) is 23.3 Å². The van der Waals surface area contributed by atoms with E-state index >= 15 is 0 Å². The Morgan fingerprint density at radius 3 is 2.55 bits per heavy atom. The first kappa shape index (κ1) is 20.2. The number of benzene rings is 2. The zero-order valence-corrected chi connectivity index (χ0v) is 16.1. The largest absolute Gasteiger partial charge is 0.493 e. The Kier molecular flexibility index (Phi) is 6.03. The second kappa shape index (κ2) is 8.65. The van der Waals surface area contributed by atoms with E-state index in [0.29, 0.717) is 22.6 Å². The van der Waals surface area contributed by atoms with Crippen LogP contribution in [-0.4, -0.2) is 39.0 Å². The molecule has 0 unspecified atom stereocenters. The van der Waals surface area contributed by atoms with Gasteiger partial charge < -0.3 is 28.4 Å². The lowest BCUT2D eigenvalue weighted by atomic mass is 10.1. The fourth-order valence-corrected chi connectivity index (χ4v) is 2.98. The number of nitro groups is 1. The van der Waals surface area contributed by atoms with Gasteiger partial charge in [-0.15, -0.1) is 0 Å². The second-order valence-corrected chi connectivity index (χ2v) is 5.92. The van der Waals surface area contributed by atoms with Crippen molar-refractivity contribution in [1.82, 2.24) is 0 Å². The highest BCUT2D eigenvalue weighted by Gasteiger charge is 2.24. The van der Waals surface area contributed by atoms with Gasteiger partial charge in [0.25, 0.3) is 5.69 Å². The number of non-ortho nitro benzene ring substituents is 1. The summed E-state index contributed by atoms with van der Waals surface area (Å²) in [4.78, 5) is 23.3. The van der Waals surface area contributed by atoms with E-state index in [0.717, 1.165) is 0 Å². The molecule has 0 saturated carbocycles. The van der Waals surface area contributed by atoms with Gasteiger partial charge in [0.1, 0.15) is 17.9 Å². The van der Waals surface area contributed by atoms with Gasteiger partial charge in [-0.2, -0.15) is 0 Å². The van der Waals surface area contributed by atoms with Gasteiger partial charge in [-0.3, -0.25) is 10.1 Å². The molecule has 10 nitrogen and oxygen atoms in total. The molecular formula is C19H19NO9. The summed E-state index contributed by atoms with van der Waals surface area (Å²) in [6, 6.07) is 5.71. The van der Waals surface area contributed by atoms with Gasteiger partial charge in [-0.25, -0.2) is 4.79 Å². The quantitative estimate of drug-likeness (QED) is 0.389. The molecule has 2 aromatic carbocycles. The topological polar surface area (TPSA) is 116 Å². The molecule has 0 spiro atoms. The molecular weight excluding hydrogens is 386 g/mol. The summed E-state index contributed by atoms with van der Waals surface area (Å²) >= 11 is 0. The van der Waals surface area contributed by atoms with Gasteiger partial charge >= 0.3 is 5.97 Å². The van der Waals surface area contributed by atoms with E-state index in [2.05, 4.69) is 0 Å². The molecule has 0 fully saturated rings. The molecule has 0 radical (unpaired) electrons. The zero-order chi connectivity index (χ0) is 21.0. The van der Waals surface area contributed by atoms with Crippen LogP contribution in [0.1, 0.15) is 21.5 Å². The zero-order valence-electron chi connectivity index (χ0n) is 16.1. The number of methoxy groups -OCH3 is 3. The Balaban J connectivity index is 1.88. The van der Waals surface area contributed by atoms with Crippen LogP contribution >= 0.6 is 0 Å². The molecule has 1 aliphatic heterocycles. The molecule has 0 N–H and O–H groups in total. The fraction of sp³-hybridized carbons (Fsp3) is 0.316. The van der Waals surface area contributed by atoms with Crippen molar-refractivity contribution < 1.29 is 38.1 Å². The van der Waals surface area contributed by atoms with Crippen molar-refractivity contribution in [2.24, 2.45) is 0 Å². The third-order valence-corrected chi connectivity index (χ3v) is 4.27. The third kappa shape index (κ3) is 4.02. The molecule has 154 valence electrons. The first-order valence-electron chi connectivity index (χ1n) is 8.47. The van der Waals surface area contributed by atoms with Gasteiger partial charge in [0.05, 0.1) is 32.9 Å². The summed E-state index contributed by atoms with van der Waals surface area (Å²) in [7, 11) is 4.27. The standard InChI is InChI=1S/C19H19NO9/c1-24-15-5-4-14(17(25-2)18(15)26-3)19(21)28-9-12-7-13(20(22)23)6-11-8-27-10-29-16(11)12/h4-7H,8-10H2,1-3H3. The van der Waals surface area contributed by atoms with Crippen LogP contribution in [0.4, 0.5) is 5.69 Å². The summed E-state index contributed by atoms with van der Waals surface area (Å²) in [5.41, 5.74) is 0.854. The predicted molar refractivity (Wildman–Crippen MR) is 98.6 cm³/mol. The highest BCUT2D eigenvalue weighted by molar-refractivity contribution is 5.94. The van der Waals surface area contributed by atoms with Crippen molar-refractivity contribution in [3.63, 3.8) is 0 Å². The minimum Gasteiger partial charge on any atom is -0.493 e. The fourth-order valence-electron chi connectivity index (χ4n) is 2.98. The van der Waals surface area contributed by atoms with Crippen molar-refractivity contribution in [2.75, 3.05) is 28.1 Å². The van der Waals surface area contributed by atoms with E-state index in [1.54, 1.807) is 6.07 Å². The van der Waals surface area contributed by atoms with Crippen molar-refractivity contribution >= 4 is 11.7 Å². The van der Waals surface area contributed by atoms with E-state index in [4.69, 9.17) is 28.4 Å². The number of fused-ring (bicyclic) bond motifs is 1. The van der Waals surface area contributed by atoms with Crippen LogP contribution < -0.4 is 18.9 Å². The van der Waals surface area contributed by atoms with Crippen LogP contribution in [-0.2, 0) is 22.7 Å². The number of esters is 1. The molecule has 1 heterocycles. The molecule has 10 heteroatoms. The highest BCUT2D eigenvalue weighted by atomic mass is 16.7. The summed E-state index contributed by atoms with van der Waals surface area (Å²) in [6.07, 6.45) is 0. The number of carbonyl (C=O) groups excluding carboxylic acids is 1. The van der Waals surface area contributed by atoms with Gasteiger partial charge in [0.15, 0.2) is 18.3 Å². The van der Waals surface area contributed by atoms with Crippen molar-refractivity contribution in [2.45, 2.75) is 13.2 Å². The number of rotatable bonds is 7. The minimum absolute atomic E-state index is 0.00919. The number of ether oxygens (including phenoxy) is 6. The summed E-state index contributed by atoms with van der Waals surface area (Å²) in [5.74, 6) is 0.506. The molecule has 2 aromatic rings. The van der Waals surface area contributed by atoms with Gasteiger partial charge in [0.2, 0.25) is 5.75 Å². The van der Waals surface area contributed by atoms with Crippen LogP contribution in [0.3, 0.4) is 0 Å². The van der Waals surface area contributed by atoms with E-state index in [1.165, 1.54) is 39.5 Å². The SMILES string of the molecule is COc1ccc(C(=O)OCc2cc([N+](=O)[O-])cc3c2OCOC3)c(OC)c1OC. The van der Waals surface area contributed by atoms with Crippen molar-refractivity contribution in [3.05, 3.63) is 51.1 Å². The molecule has 0 aromatic heterocycles. The van der Waals surface area contributed by atoms with Gasteiger partial charge in [-0.05, 0) is 12.1 Å². The van der Waals surface area contributed by atoms with Crippen LogP contribution in [0.25, 0.3) is 0 Å². The first-order chi connectivity index (χ1) is 14.0. The molecule has 3 rings (SSSR count). The number of hydrogen-bond acceptors (Lipinski definition) is 9. The van der Waals surface area contributed by atoms with Gasteiger partial charge in [-0.1, -0.05) is 0 Å². The molecule has 0 amide bonds. The van der Waals surface area contributed by atoms with E-state index in [-0.39, 0.29) is 42.8 Å². The number of hydrogen-bond donors (Lipinski definition) is 0. The number of nitro benzene ring substituents is 1. The lowest BCUT2D eigenvalue weighted by Gasteiger charge is -2.20. The third-order valence-electron chi connectivity index (χ3n) is 4.27. The predicted octanol–water partition coefficient (Wildman–Crippen LogP) is 2.84. The molecule has 29 heavy (non-hydrogen) atoms. The molecule has 0 atom stereocenters. The smallest absolute Gasteiger partial charge is 0.342 e. The Morgan fingerprint density at radius 2 is 1.90 bits per heavy atom. The monoisotopic (exact) mass is 405 g/mol. The summed E-state index contributed by atoms with van der Waals surface area (Å²) < 4.78 is 31.7. The Bertz CT molecular complexity index is 942. The maximum Gasteiger partial charge on any atom is 0.342 e. The summed E-state index contributed by atoms with van der Waals surface area (Å²) in [6.45, 7) is -0.0585. The van der Waals surface area contributed by atoms with Crippen LogP contribution in [0.15, 0.2) is 24.3 Å². The van der Waals surface area contributed by atoms with E-state index in [1.807, 2.05) is 0 Å². The van der Waals surface area contributed by atoms with Crippen LogP contribution in [0.2, 0.25) is 0 Å². The molecule has 0 aliphatic carbocycles. The maximum absolute atomic E-state index is 12.7. The Hall–Kier alpha value is -3.53. The Morgan fingerprint density at radius 1 is 1.14 bits per heavy atom. The maximum atomic E-state index is 12.7. The lowest BCUT2D eigenvalue weighted by molar-refractivity contribution is -0.385. The first-order valence-corrected chi connectivity index (χ1v) is 8.47. The van der Waals surface area contributed by atoms with E-state index < -0.39 is 10.9 Å². The second-order valence-electron chi connectivity index (χ2n) is 5.92. The number of carbonyl (C=O) groups is 1. The minimum atomic E-state index is -0.699. The highest BCUT2D eigenvalue weighted by Crippen LogP contribution is 2.40. The Labute approximate surface area is 166 Å². The molecule has 0 saturated heterocycles. The summed E-state index contributed by atoms with van der Waals surface area (Å²) in [5, 5.41) is 11.2.